The van der Waals surface area contributed by atoms with Crippen molar-refractivity contribution in [3.63, 3.8) is 0 Å². The molecule has 4 heterocycles. The van der Waals surface area contributed by atoms with Gasteiger partial charge in [-0.05, 0) is 0 Å². The van der Waals surface area contributed by atoms with Crippen molar-refractivity contribution in [1.82, 2.24) is 4.90 Å². The number of rotatable bonds is 0. The van der Waals surface area contributed by atoms with Crippen LogP contribution in [-0.4, -0.2) is 58.2 Å². The molecule has 0 aromatic carbocycles. The molecule has 15 heavy (non-hydrogen) atoms. The molecule has 0 amide bonds. The predicted octanol–water partition coefficient (Wildman–Crippen LogP) is -0.393. The molecular formula is C9H12N2O3S. The maximum Gasteiger partial charge on any atom is 0.212 e. The van der Waals surface area contributed by atoms with Gasteiger partial charge in [-0.15, -0.1) is 0 Å². The maximum atomic E-state index is 10.4. The highest BCUT2D eigenvalue weighted by Gasteiger charge is 2.58. The Balaban J connectivity index is 1.84. The Hall–Kier alpha value is -0.300. The topological polar surface area (TPSA) is 54.3 Å². The van der Waals surface area contributed by atoms with Gasteiger partial charge in [0.2, 0.25) is 12.0 Å². The molecule has 4 aliphatic rings. The van der Waals surface area contributed by atoms with Crippen LogP contribution in [0.2, 0.25) is 0 Å². The highest BCUT2D eigenvalue weighted by molar-refractivity contribution is 8.14. The third-order valence-corrected chi connectivity index (χ3v) is 4.50. The van der Waals surface area contributed by atoms with Crippen molar-refractivity contribution < 1.29 is 14.6 Å². The van der Waals surface area contributed by atoms with E-state index in [1.165, 1.54) is 0 Å². The second-order valence-corrected chi connectivity index (χ2v) is 5.49. The summed E-state index contributed by atoms with van der Waals surface area (Å²) in [5.74, 6) is 1.06. The highest BCUT2D eigenvalue weighted by Crippen LogP contribution is 2.44. The van der Waals surface area contributed by atoms with Crippen LogP contribution in [0.4, 0.5) is 0 Å². The normalized spacial score (nSPS) is 51.7. The second kappa shape index (κ2) is 2.68. The molecule has 3 saturated heterocycles. The van der Waals surface area contributed by atoms with Crippen LogP contribution in [0, 0.1) is 0 Å². The molecule has 1 N–H and O–H groups in total. The van der Waals surface area contributed by atoms with Crippen LogP contribution in [0.25, 0.3) is 0 Å². The van der Waals surface area contributed by atoms with Gasteiger partial charge in [-0.1, -0.05) is 11.8 Å². The Morgan fingerprint density at radius 2 is 2.53 bits per heavy atom. The zero-order valence-electron chi connectivity index (χ0n) is 8.13. The van der Waals surface area contributed by atoms with Crippen molar-refractivity contribution in [2.24, 2.45) is 4.99 Å². The number of hydrogen-bond donors (Lipinski definition) is 1. The molecule has 6 heteroatoms. The molecule has 82 valence electrons. The molecule has 5 nitrogen and oxygen atoms in total. The monoisotopic (exact) mass is 228 g/mol. The first-order valence-corrected chi connectivity index (χ1v) is 6.24. The van der Waals surface area contributed by atoms with Crippen LogP contribution in [-0.2, 0) is 9.47 Å². The van der Waals surface area contributed by atoms with Crippen molar-refractivity contribution in [2.45, 2.75) is 30.6 Å². The van der Waals surface area contributed by atoms with E-state index in [9.17, 15) is 5.11 Å². The largest absolute Gasteiger partial charge is 0.365 e. The van der Waals surface area contributed by atoms with E-state index in [1.54, 1.807) is 11.8 Å². The first-order valence-electron chi connectivity index (χ1n) is 5.25. The quantitative estimate of drug-likeness (QED) is 0.612. The third kappa shape index (κ3) is 1.03. The zero-order chi connectivity index (χ0) is 10.0. The van der Waals surface area contributed by atoms with Gasteiger partial charge < -0.3 is 19.5 Å². The summed E-state index contributed by atoms with van der Waals surface area (Å²) in [5, 5.41) is 11.3. The van der Waals surface area contributed by atoms with Crippen molar-refractivity contribution in [1.29, 1.82) is 0 Å². The van der Waals surface area contributed by atoms with Crippen molar-refractivity contribution in [3.05, 3.63) is 0 Å². The molecule has 0 aromatic rings. The molecule has 0 saturated carbocycles. The number of thioether (sulfide) groups is 1. The first kappa shape index (κ1) is 8.81. The Labute approximate surface area is 91.4 Å². The van der Waals surface area contributed by atoms with Crippen LogP contribution >= 0.6 is 11.8 Å². The van der Waals surface area contributed by atoms with Crippen molar-refractivity contribution >= 4 is 16.9 Å². The van der Waals surface area contributed by atoms with Gasteiger partial charge in [-0.25, -0.2) is 4.99 Å². The molecule has 4 atom stereocenters. The van der Waals surface area contributed by atoms with E-state index < -0.39 is 12.0 Å². The third-order valence-electron chi connectivity index (χ3n) is 3.53. The fraction of sp³-hybridized carbons (Fsp3) is 0.889. The Bertz CT molecular complexity index is 350. The van der Waals surface area contributed by atoms with Gasteiger partial charge in [-0.2, -0.15) is 0 Å². The number of amidine groups is 1. The maximum absolute atomic E-state index is 10.4. The van der Waals surface area contributed by atoms with Gasteiger partial charge in [-0.3, -0.25) is 0 Å². The number of aliphatic hydroxyl groups is 1. The van der Waals surface area contributed by atoms with Gasteiger partial charge in [0, 0.05) is 18.7 Å². The molecule has 4 bridgehead atoms. The standard InChI is InChI=1S/C9H12N2O3S/c12-9-3-5(6-4-13-7(9)14-6)11-1-2-15-8(11)10-9/h5-7,12H,1-4H2/t5-,6+,7-,9-/m0/s1. The summed E-state index contributed by atoms with van der Waals surface area (Å²) in [4.78, 5) is 6.64. The number of hydrogen-bond acceptors (Lipinski definition) is 6. The molecule has 0 spiro atoms. The summed E-state index contributed by atoms with van der Waals surface area (Å²) in [5.41, 5.74) is -1.14. The van der Waals surface area contributed by atoms with Crippen LogP contribution < -0.4 is 0 Å². The highest BCUT2D eigenvalue weighted by atomic mass is 32.2. The lowest BCUT2D eigenvalue weighted by molar-refractivity contribution is -0.224. The summed E-state index contributed by atoms with van der Waals surface area (Å²) >= 11 is 1.72. The van der Waals surface area contributed by atoms with E-state index >= 15 is 0 Å². The smallest absolute Gasteiger partial charge is 0.212 e. The van der Waals surface area contributed by atoms with Crippen molar-refractivity contribution in [3.8, 4) is 0 Å². The fourth-order valence-electron chi connectivity index (χ4n) is 2.79. The van der Waals surface area contributed by atoms with Crippen LogP contribution in [0.15, 0.2) is 4.99 Å². The molecule has 4 aliphatic heterocycles. The van der Waals surface area contributed by atoms with E-state index in [4.69, 9.17) is 9.47 Å². The lowest BCUT2D eigenvalue weighted by Crippen LogP contribution is -2.60. The number of ether oxygens (including phenoxy) is 2. The van der Waals surface area contributed by atoms with E-state index in [1.807, 2.05) is 0 Å². The van der Waals surface area contributed by atoms with E-state index in [2.05, 4.69) is 9.89 Å². The summed E-state index contributed by atoms with van der Waals surface area (Å²) in [6.07, 6.45) is 0.209. The average molecular weight is 228 g/mol. The SMILES string of the molecule is O[C@@]12C[C@@H]([C@H]3CO[C@H]1O3)N1CCSC1=N2. The van der Waals surface area contributed by atoms with E-state index in [0.717, 1.165) is 17.5 Å². The van der Waals surface area contributed by atoms with Gasteiger partial charge >= 0.3 is 0 Å². The van der Waals surface area contributed by atoms with Gasteiger partial charge in [0.1, 0.15) is 6.10 Å². The number of aliphatic imine (C=N–C) groups is 1. The van der Waals surface area contributed by atoms with Gasteiger partial charge in [0.05, 0.1) is 12.6 Å². The molecule has 0 radical (unpaired) electrons. The van der Waals surface area contributed by atoms with Gasteiger partial charge in [0.15, 0.2) is 5.17 Å². The minimum absolute atomic E-state index is 0.111. The lowest BCUT2D eigenvalue weighted by Gasteiger charge is -2.45. The van der Waals surface area contributed by atoms with Crippen LogP contribution in [0.5, 0.6) is 0 Å². The van der Waals surface area contributed by atoms with Crippen molar-refractivity contribution in [2.75, 3.05) is 18.9 Å². The Morgan fingerprint density at radius 3 is 3.47 bits per heavy atom. The van der Waals surface area contributed by atoms with E-state index in [0.29, 0.717) is 13.0 Å². The Kier molecular flexibility index (Phi) is 1.58. The minimum Gasteiger partial charge on any atom is -0.365 e. The summed E-state index contributed by atoms with van der Waals surface area (Å²) in [6.45, 7) is 1.59. The predicted molar refractivity (Wildman–Crippen MR) is 54.6 cm³/mol. The molecule has 3 fully saturated rings. The number of nitrogens with zero attached hydrogens (tertiary/aromatic N) is 2. The van der Waals surface area contributed by atoms with Crippen LogP contribution in [0.1, 0.15) is 6.42 Å². The molecule has 0 aliphatic carbocycles. The Morgan fingerprint density at radius 1 is 1.60 bits per heavy atom. The molecular weight excluding hydrogens is 216 g/mol. The van der Waals surface area contributed by atoms with E-state index in [-0.39, 0.29) is 12.1 Å². The van der Waals surface area contributed by atoms with Crippen LogP contribution in [0.3, 0.4) is 0 Å². The minimum atomic E-state index is -1.14. The first-order chi connectivity index (χ1) is 7.26. The molecule has 4 rings (SSSR count). The van der Waals surface area contributed by atoms with Gasteiger partial charge in [0.25, 0.3) is 0 Å². The zero-order valence-corrected chi connectivity index (χ0v) is 8.94. The average Bonchev–Trinajstić information content (AvgIpc) is 2.80. The molecule has 0 aromatic heterocycles. The molecule has 0 unspecified atom stereocenters. The second-order valence-electron chi connectivity index (χ2n) is 4.43. The summed E-state index contributed by atoms with van der Waals surface area (Å²) < 4.78 is 11.1. The fourth-order valence-corrected chi connectivity index (χ4v) is 3.88. The summed E-state index contributed by atoms with van der Waals surface area (Å²) in [6, 6.07) is 0.247. The summed E-state index contributed by atoms with van der Waals surface area (Å²) in [7, 11) is 0. The lowest BCUT2D eigenvalue weighted by atomic mass is 9.94. The number of fused-ring (bicyclic) bond motifs is 8.